The van der Waals surface area contributed by atoms with Crippen LogP contribution in [-0.4, -0.2) is 67.3 Å². The first kappa shape index (κ1) is 27.1. The molecule has 2 aromatic rings. The summed E-state index contributed by atoms with van der Waals surface area (Å²) in [5.74, 6) is -0.294. The summed E-state index contributed by atoms with van der Waals surface area (Å²) in [6.07, 6.45) is -0.0206. The predicted octanol–water partition coefficient (Wildman–Crippen LogP) is 1.83. The average Bonchev–Trinajstić information content (AvgIpc) is 3.39. The molecule has 192 valence electrons. The summed E-state index contributed by atoms with van der Waals surface area (Å²) in [4.78, 5) is 12.9. The van der Waals surface area contributed by atoms with Gasteiger partial charge in [0.25, 0.3) is 0 Å². The summed E-state index contributed by atoms with van der Waals surface area (Å²) in [7, 11) is -3.93. The van der Waals surface area contributed by atoms with Crippen molar-refractivity contribution >= 4 is 21.6 Å². The Hall–Kier alpha value is -2.50. The van der Waals surface area contributed by atoms with Gasteiger partial charge in [0.2, 0.25) is 15.9 Å². The van der Waals surface area contributed by atoms with Crippen LogP contribution >= 0.6 is 0 Å². The van der Waals surface area contributed by atoms with Gasteiger partial charge in [0.05, 0.1) is 28.6 Å². The zero-order valence-electron chi connectivity index (χ0n) is 20.2. The van der Waals surface area contributed by atoms with Gasteiger partial charge >= 0.3 is 0 Å². The van der Waals surface area contributed by atoms with E-state index in [-0.39, 0.29) is 35.7 Å². The quantitative estimate of drug-likeness (QED) is 0.279. The van der Waals surface area contributed by atoms with Gasteiger partial charge in [0.1, 0.15) is 0 Å². The highest BCUT2D eigenvalue weighted by Crippen LogP contribution is 2.21. The van der Waals surface area contributed by atoms with Crippen LogP contribution < -0.4 is 16.1 Å². The van der Waals surface area contributed by atoms with E-state index < -0.39 is 22.2 Å². The van der Waals surface area contributed by atoms with E-state index in [0.717, 1.165) is 18.5 Å². The molecular weight excluding hydrogens is 468 g/mol. The highest BCUT2D eigenvalue weighted by Gasteiger charge is 2.33. The minimum absolute atomic E-state index is 0.0158. The van der Waals surface area contributed by atoms with E-state index in [1.54, 1.807) is 0 Å². The smallest absolute Gasteiger partial charge is 0.243 e. The number of aliphatic hydroxyl groups is 1. The first-order valence-corrected chi connectivity index (χ1v) is 13.4. The van der Waals surface area contributed by atoms with E-state index in [0.29, 0.717) is 18.7 Å². The van der Waals surface area contributed by atoms with E-state index >= 15 is 0 Å². The number of nitrogens with zero attached hydrogens (tertiary/aromatic N) is 1. The molecule has 1 aliphatic heterocycles. The van der Waals surface area contributed by atoms with Crippen LogP contribution in [0.4, 0.5) is 5.69 Å². The van der Waals surface area contributed by atoms with E-state index in [2.05, 4.69) is 10.6 Å². The molecule has 5 N–H and O–H groups in total. The van der Waals surface area contributed by atoms with Gasteiger partial charge in [0.15, 0.2) is 0 Å². The molecule has 3 rings (SSSR count). The standard InChI is InChI=1S/C25H36N4O5S/c1-18(2)16-29(35(33,34)22-10-8-21(28-32)9-11-22)17-24(30)23(14-19-6-4-3-5-7-19)27-25(31)20-12-13-26-15-20/h3-11,18,20,23-24,26,28,30,32H,12-17H2,1-2H3,(H,27,31)/t20-,23-,24+/m0/s1. The third kappa shape index (κ3) is 7.49. The second-order valence-corrected chi connectivity index (χ2v) is 11.4. The number of sulfonamides is 1. The van der Waals surface area contributed by atoms with Crippen LogP contribution in [0, 0.1) is 11.8 Å². The molecule has 35 heavy (non-hydrogen) atoms. The Morgan fingerprint density at radius 3 is 2.37 bits per heavy atom. The van der Waals surface area contributed by atoms with Crippen molar-refractivity contribution in [3.05, 3.63) is 60.2 Å². The summed E-state index contributed by atoms with van der Waals surface area (Å²) >= 11 is 0. The van der Waals surface area contributed by atoms with Gasteiger partial charge < -0.3 is 15.7 Å². The number of carbonyl (C=O) groups excluding carboxylic acids is 1. The summed E-state index contributed by atoms with van der Waals surface area (Å²) in [5, 5.41) is 26.4. The van der Waals surface area contributed by atoms with Crippen LogP contribution in [-0.2, 0) is 21.2 Å². The van der Waals surface area contributed by atoms with E-state index in [1.807, 2.05) is 49.7 Å². The van der Waals surface area contributed by atoms with Gasteiger partial charge in [-0.25, -0.2) is 8.42 Å². The lowest BCUT2D eigenvalue weighted by molar-refractivity contribution is -0.126. The Morgan fingerprint density at radius 2 is 1.80 bits per heavy atom. The highest BCUT2D eigenvalue weighted by atomic mass is 32.2. The largest absolute Gasteiger partial charge is 0.390 e. The number of nitrogens with one attached hydrogen (secondary N) is 3. The first-order valence-electron chi connectivity index (χ1n) is 11.9. The molecule has 0 bridgehead atoms. The molecule has 0 aromatic heterocycles. The Balaban J connectivity index is 1.83. The third-order valence-electron chi connectivity index (χ3n) is 6.10. The summed E-state index contributed by atoms with van der Waals surface area (Å²) < 4.78 is 28.2. The normalized spacial score (nSPS) is 17.9. The average molecular weight is 505 g/mol. The van der Waals surface area contributed by atoms with Crippen LogP contribution in [0.25, 0.3) is 0 Å². The van der Waals surface area contributed by atoms with Gasteiger partial charge in [-0.2, -0.15) is 4.31 Å². The SMILES string of the molecule is CC(C)CN(C[C@@H](O)[C@H](Cc1ccccc1)NC(=O)[C@H]1CCNC1)S(=O)(=O)c1ccc(NO)cc1. The predicted molar refractivity (Wildman–Crippen MR) is 135 cm³/mol. The maximum absolute atomic E-state index is 13.5. The molecule has 10 heteroatoms. The van der Waals surface area contributed by atoms with Gasteiger partial charge in [-0.15, -0.1) is 0 Å². The molecule has 0 radical (unpaired) electrons. The van der Waals surface area contributed by atoms with Crippen molar-refractivity contribution in [3.8, 4) is 0 Å². The zero-order valence-corrected chi connectivity index (χ0v) is 21.0. The van der Waals surface area contributed by atoms with Crippen molar-refractivity contribution in [3.63, 3.8) is 0 Å². The topological polar surface area (TPSA) is 131 Å². The first-order chi connectivity index (χ1) is 16.7. The molecule has 0 saturated carbocycles. The lowest BCUT2D eigenvalue weighted by Crippen LogP contribution is -2.52. The van der Waals surface area contributed by atoms with Crippen LogP contribution in [0.3, 0.4) is 0 Å². The van der Waals surface area contributed by atoms with E-state index in [4.69, 9.17) is 5.21 Å². The molecular formula is C25H36N4O5S. The molecule has 1 heterocycles. The molecule has 0 aliphatic carbocycles. The van der Waals surface area contributed by atoms with Crippen molar-refractivity contribution < 1.29 is 23.5 Å². The molecule has 1 saturated heterocycles. The number of aliphatic hydroxyl groups excluding tert-OH is 1. The number of anilines is 1. The van der Waals surface area contributed by atoms with Crippen molar-refractivity contribution in [1.29, 1.82) is 0 Å². The zero-order chi connectivity index (χ0) is 25.4. The fourth-order valence-electron chi connectivity index (χ4n) is 4.19. The number of hydrogen-bond acceptors (Lipinski definition) is 7. The Morgan fingerprint density at radius 1 is 1.11 bits per heavy atom. The molecule has 1 fully saturated rings. The summed E-state index contributed by atoms with van der Waals surface area (Å²) in [5.41, 5.74) is 3.29. The Labute approximate surface area is 207 Å². The molecule has 1 amide bonds. The minimum atomic E-state index is -3.93. The number of benzene rings is 2. The molecule has 2 aromatic carbocycles. The third-order valence-corrected chi connectivity index (χ3v) is 7.95. The maximum Gasteiger partial charge on any atom is 0.243 e. The minimum Gasteiger partial charge on any atom is -0.390 e. The van der Waals surface area contributed by atoms with Crippen molar-refractivity contribution in [2.24, 2.45) is 11.8 Å². The molecule has 9 nitrogen and oxygen atoms in total. The number of amides is 1. The molecule has 0 unspecified atom stereocenters. The van der Waals surface area contributed by atoms with Crippen LogP contribution in [0.1, 0.15) is 25.8 Å². The number of hydrogen-bond donors (Lipinski definition) is 5. The molecule has 0 spiro atoms. The van der Waals surface area contributed by atoms with Gasteiger partial charge in [-0.05, 0) is 55.1 Å². The second-order valence-electron chi connectivity index (χ2n) is 9.41. The van der Waals surface area contributed by atoms with Gasteiger partial charge in [-0.3, -0.25) is 15.5 Å². The lowest BCUT2D eigenvalue weighted by atomic mass is 9.99. The summed E-state index contributed by atoms with van der Waals surface area (Å²) in [6, 6.07) is 14.6. The van der Waals surface area contributed by atoms with Crippen molar-refractivity contribution in [2.75, 3.05) is 31.7 Å². The number of rotatable bonds is 12. The van der Waals surface area contributed by atoms with Crippen LogP contribution in [0.2, 0.25) is 0 Å². The highest BCUT2D eigenvalue weighted by molar-refractivity contribution is 7.89. The number of carbonyl (C=O) groups is 1. The van der Waals surface area contributed by atoms with Crippen LogP contribution in [0.5, 0.6) is 0 Å². The maximum atomic E-state index is 13.5. The fourth-order valence-corrected chi connectivity index (χ4v) is 5.82. The lowest BCUT2D eigenvalue weighted by Gasteiger charge is -2.31. The van der Waals surface area contributed by atoms with Gasteiger partial charge in [0, 0.05) is 19.6 Å². The molecule has 3 atom stereocenters. The summed E-state index contributed by atoms with van der Waals surface area (Å²) in [6.45, 7) is 5.22. The molecule has 1 aliphatic rings. The van der Waals surface area contributed by atoms with Crippen molar-refractivity contribution in [1.82, 2.24) is 14.9 Å². The van der Waals surface area contributed by atoms with Crippen LogP contribution in [0.15, 0.2) is 59.5 Å². The fraction of sp³-hybridized carbons (Fsp3) is 0.480. The van der Waals surface area contributed by atoms with Gasteiger partial charge in [-0.1, -0.05) is 44.2 Å². The van der Waals surface area contributed by atoms with E-state index in [9.17, 15) is 18.3 Å². The Bertz CT molecular complexity index is 1040. The Kier molecular flexibility index (Phi) is 9.64. The monoisotopic (exact) mass is 504 g/mol. The van der Waals surface area contributed by atoms with E-state index in [1.165, 1.54) is 28.6 Å². The second kappa shape index (κ2) is 12.5. The van der Waals surface area contributed by atoms with Crippen molar-refractivity contribution in [2.45, 2.75) is 43.7 Å².